The summed E-state index contributed by atoms with van der Waals surface area (Å²) in [5.41, 5.74) is 7.20. The number of ether oxygens (including phenoxy) is 4. The predicted octanol–water partition coefficient (Wildman–Crippen LogP) is 8.66. The second-order valence-corrected chi connectivity index (χ2v) is 17.9. The van der Waals surface area contributed by atoms with E-state index in [1.165, 1.54) is 31.2 Å². The van der Waals surface area contributed by atoms with Crippen LogP contribution in [0, 0.1) is 11.8 Å². The minimum atomic E-state index is -0.825. The highest BCUT2D eigenvalue weighted by atomic mass is 16.5. The Bertz CT molecular complexity index is 2570. The summed E-state index contributed by atoms with van der Waals surface area (Å²) in [6.45, 7) is 4.73. The second-order valence-electron chi connectivity index (χ2n) is 17.9. The molecule has 1 saturated heterocycles. The normalized spacial score (nSPS) is 20.3. The first-order valence-corrected chi connectivity index (χ1v) is 23.1. The molecule has 1 aromatic heterocycles. The van der Waals surface area contributed by atoms with Crippen molar-refractivity contribution in [1.29, 1.82) is 0 Å². The van der Waals surface area contributed by atoms with Gasteiger partial charge in [-0.25, -0.2) is 0 Å². The molecule has 11 heteroatoms. The van der Waals surface area contributed by atoms with Crippen molar-refractivity contribution >= 4 is 17.7 Å². The van der Waals surface area contributed by atoms with Crippen LogP contribution in [-0.4, -0.2) is 84.8 Å². The zero-order valence-electron chi connectivity index (χ0n) is 37.3. The minimum absolute atomic E-state index is 0.00410. The molecule has 4 aliphatic rings. The molecule has 0 spiro atoms. The van der Waals surface area contributed by atoms with E-state index >= 15 is 0 Å². The van der Waals surface area contributed by atoms with Gasteiger partial charge in [-0.2, -0.15) is 0 Å². The number of hydrogen-bond acceptors (Lipinski definition) is 10. The zero-order chi connectivity index (χ0) is 44.9. The van der Waals surface area contributed by atoms with Gasteiger partial charge in [-0.3, -0.25) is 4.79 Å². The largest absolute Gasteiger partial charge is 0.508 e. The number of nitrogens with zero attached hydrogens (tertiary/aromatic N) is 1. The van der Waals surface area contributed by atoms with Crippen molar-refractivity contribution in [3.63, 3.8) is 0 Å². The number of aliphatic hydroxyl groups is 2. The Balaban J connectivity index is 1.17. The highest BCUT2D eigenvalue weighted by Crippen LogP contribution is 2.56. The Kier molecular flexibility index (Phi) is 13.2. The lowest BCUT2D eigenvalue weighted by Crippen LogP contribution is -2.50. The molecular formula is C54H59N3O8. The number of aromatic nitrogens is 1. The van der Waals surface area contributed by atoms with E-state index in [1.807, 2.05) is 36.4 Å². The number of Topliss-reactive ketones (excluding diaryl/α,β-unsaturated/α-hetero) is 1. The van der Waals surface area contributed by atoms with Gasteiger partial charge in [-0.15, -0.1) is 0 Å². The molecule has 338 valence electrons. The number of anilines is 1. The molecule has 5 aromatic rings. The van der Waals surface area contributed by atoms with Crippen molar-refractivity contribution in [3.05, 3.63) is 125 Å². The van der Waals surface area contributed by atoms with Gasteiger partial charge in [-0.1, -0.05) is 110 Å². The van der Waals surface area contributed by atoms with Crippen LogP contribution in [0.25, 0.3) is 17.2 Å². The number of piperazine rings is 1. The summed E-state index contributed by atoms with van der Waals surface area (Å²) in [5, 5.41) is 34.7. The first-order chi connectivity index (χ1) is 31.7. The fourth-order valence-electron chi connectivity index (χ4n) is 9.81. The van der Waals surface area contributed by atoms with Crippen LogP contribution in [0.15, 0.2) is 91.0 Å². The third-order valence-electron chi connectivity index (χ3n) is 13.4. The predicted molar refractivity (Wildman–Crippen MR) is 252 cm³/mol. The molecule has 5 N–H and O–H groups in total. The van der Waals surface area contributed by atoms with Gasteiger partial charge in [0.15, 0.2) is 17.3 Å². The van der Waals surface area contributed by atoms with Crippen LogP contribution in [-0.2, 0) is 11.8 Å². The zero-order valence-corrected chi connectivity index (χ0v) is 37.3. The van der Waals surface area contributed by atoms with Crippen LogP contribution in [0.2, 0.25) is 0 Å². The third-order valence-corrected chi connectivity index (χ3v) is 13.4. The number of nitrogens with one attached hydrogen (secondary N) is 2. The minimum Gasteiger partial charge on any atom is -0.508 e. The monoisotopic (exact) mass is 877 g/mol. The first kappa shape index (κ1) is 44.0. The molecule has 3 aliphatic heterocycles. The van der Waals surface area contributed by atoms with Crippen molar-refractivity contribution < 1.29 is 39.1 Å². The molecule has 0 amide bonds. The number of H-pyrrole nitrogens is 1. The number of hydrogen-bond donors (Lipinski definition) is 5. The molecular weight excluding hydrogens is 819 g/mol. The standard InChI is InChI=1S/C54H59N3O8/c1-54(23-6-7-24-54)46-32-43-38-13-8-12-36(30-38)31-39(15-18-40-34-57(26-25-55-40)53(43)56-46)47-49-48(44(61)33-45(65-49)37-16-20-41(59)21-17-37)51(52(62-2)50(47)63-28-9-27-58)64-29-22-42(60)19-14-35-10-4-3-5-11-35/h3-5,8,10-14,16-17,19-21,30,32,39-40,42,45,55-56,58-60H,6-7,9,22-29,31,33-34H2,1-2H3. The number of aliphatic hydroxyl groups excluding tert-OH is 2. The number of ketones is 1. The number of phenolic OH excluding ortho intramolecular Hbond substituents is 1. The molecule has 4 atom stereocenters. The average molecular weight is 878 g/mol. The van der Waals surface area contributed by atoms with E-state index in [0.29, 0.717) is 36.4 Å². The van der Waals surface area contributed by atoms with E-state index in [1.54, 1.807) is 30.3 Å². The van der Waals surface area contributed by atoms with Gasteiger partial charge in [0.1, 0.15) is 29.0 Å². The van der Waals surface area contributed by atoms with Crippen LogP contribution in [0.5, 0.6) is 28.7 Å². The maximum absolute atomic E-state index is 14.8. The fourth-order valence-corrected chi connectivity index (χ4v) is 9.81. The highest BCUT2D eigenvalue weighted by Gasteiger charge is 2.41. The summed E-state index contributed by atoms with van der Waals surface area (Å²) >= 11 is 0. The number of aromatic amines is 1. The van der Waals surface area contributed by atoms with Crippen LogP contribution >= 0.6 is 0 Å². The lowest BCUT2D eigenvalue weighted by atomic mass is 9.84. The Labute approximate surface area is 381 Å². The van der Waals surface area contributed by atoms with Crippen molar-refractivity contribution in [2.75, 3.05) is 51.5 Å². The van der Waals surface area contributed by atoms with Crippen LogP contribution in [0.3, 0.4) is 0 Å². The molecule has 1 saturated carbocycles. The third kappa shape index (κ3) is 9.48. The Morgan fingerprint density at radius 1 is 0.954 bits per heavy atom. The molecule has 65 heavy (non-hydrogen) atoms. The summed E-state index contributed by atoms with van der Waals surface area (Å²) in [7, 11) is 1.52. The summed E-state index contributed by atoms with van der Waals surface area (Å²) in [5.74, 6) is 8.76. The molecule has 1 aliphatic carbocycles. The van der Waals surface area contributed by atoms with E-state index in [2.05, 4.69) is 64.3 Å². The Hall–Kier alpha value is -6.19. The lowest BCUT2D eigenvalue weighted by molar-refractivity contribution is 0.0835. The number of fused-ring (bicyclic) bond motifs is 8. The maximum atomic E-state index is 14.8. The van der Waals surface area contributed by atoms with Crippen LogP contribution < -0.4 is 29.2 Å². The quantitative estimate of drug-likeness (QED) is 0.0543. The van der Waals surface area contributed by atoms with E-state index in [0.717, 1.165) is 54.0 Å². The summed E-state index contributed by atoms with van der Waals surface area (Å²) in [4.78, 5) is 21.1. The molecule has 0 radical (unpaired) electrons. The van der Waals surface area contributed by atoms with Gasteiger partial charge in [0, 0.05) is 55.8 Å². The molecule has 4 bridgehead atoms. The topological polar surface area (TPSA) is 146 Å². The van der Waals surface area contributed by atoms with Gasteiger partial charge in [0.2, 0.25) is 5.75 Å². The van der Waals surface area contributed by atoms with E-state index in [4.69, 9.17) is 18.9 Å². The fraction of sp³-hybridized carbons (Fsp3) is 0.389. The molecule has 2 fully saturated rings. The van der Waals surface area contributed by atoms with E-state index < -0.39 is 18.1 Å². The van der Waals surface area contributed by atoms with Gasteiger partial charge in [-0.05, 0) is 59.7 Å². The lowest BCUT2D eigenvalue weighted by Gasteiger charge is -2.34. The van der Waals surface area contributed by atoms with Gasteiger partial charge >= 0.3 is 0 Å². The molecule has 4 aromatic carbocycles. The number of carbonyl (C=O) groups is 1. The Morgan fingerprint density at radius 3 is 2.54 bits per heavy atom. The van der Waals surface area contributed by atoms with Gasteiger partial charge < -0.3 is 49.5 Å². The SMILES string of the molecule is COc1c(OCCC(O)C=Cc2ccccc2)c2c(c(C3C#CC4CN(CCN4)c4[nH]c(C5(C)CCCC5)cc4-c4cccc(c4)C3)c1OCCCO)OC(c1ccc(O)cc1)CC2=O. The van der Waals surface area contributed by atoms with Gasteiger partial charge in [0.05, 0.1) is 50.4 Å². The van der Waals surface area contributed by atoms with Crippen molar-refractivity contribution in [3.8, 4) is 51.7 Å². The van der Waals surface area contributed by atoms with E-state index in [-0.39, 0.29) is 72.7 Å². The molecule has 4 unspecified atom stereocenters. The number of carbonyl (C=O) groups excluding carboxylic acids is 1. The van der Waals surface area contributed by atoms with E-state index in [9.17, 15) is 20.1 Å². The number of rotatable bonds is 14. The molecule has 11 nitrogen and oxygen atoms in total. The summed E-state index contributed by atoms with van der Waals surface area (Å²) < 4.78 is 26.3. The number of benzene rings is 4. The summed E-state index contributed by atoms with van der Waals surface area (Å²) in [6, 6.07) is 27.3. The average Bonchev–Trinajstić information content (AvgIpc) is 3.99. The Morgan fingerprint density at radius 2 is 1.75 bits per heavy atom. The number of aromatic hydroxyl groups is 1. The second kappa shape index (κ2) is 19.5. The van der Waals surface area contributed by atoms with Crippen molar-refractivity contribution in [2.45, 2.75) is 87.9 Å². The maximum Gasteiger partial charge on any atom is 0.204 e. The van der Waals surface area contributed by atoms with Crippen LogP contribution in [0.4, 0.5) is 5.82 Å². The van der Waals surface area contributed by atoms with Crippen LogP contribution in [0.1, 0.15) is 102 Å². The highest BCUT2D eigenvalue weighted by molar-refractivity contribution is 6.05. The molecule has 9 rings (SSSR count). The number of methoxy groups -OCH3 is 1. The van der Waals surface area contributed by atoms with Crippen molar-refractivity contribution in [2.24, 2.45) is 0 Å². The molecule has 4 heterocycles. The smallest absolute Gasteiger partial charge is 0.204 e. The van der Waals surface area contributed by atoms with Crippen molar-refractivity contribution in [1.82, 2.24) is 10.3 Å². The van der Waals surface area contributed by atoms with Gasteiger partial charge in [0.25, 0.3) is 0 Å². The number of phenols is 1. The summed E-state index contributed by atoms with van der Waals surface area (Å²) in [6.07, 6.45) is 7.89. The first-order valence-electron chi connectivity index (χ1n) is 23.1.